The summed E-state index contributed by atoms with van der Waals surface area (Å²) in [6.07, 6.45) is -3.97. The average Bonchev–Trinajstić information content (AvgIpc) is 2.17. The molecular weight excluding hydrogens is 298 g/mol. The van der Waals surface area contributed by atoms with Gasteiger partial charge in [-0.2, -0.15) is 21.6 Å². The van der Waals surface area contributed by atoms with Crippen molar-refractivity contribution in [2.75, 3.05) is 5.32 Å². The maximum atomic E-state index is 12.5. The number of rotatable bonds is 3. The number of hydrogen-bond donors (Lipinski definition) is 1. The highest BCUT2D eigenvalue weighted by molar-refractivity contribution is 7.89. The highest BCUT2D eigenvalue weighted by Gasteiger charge is 2.33. The summed E-state index contributed by atoms with van der Waals surface area (Å²) in [6.45, 7) is 0. The zero-order chi connectivity index (χ0) is 14.0. The van der Waals surface area contributed by atoms with Gasteiger partial charge in [0.15, 0.2) is 0 Å². The highest BCUT2D eigenvalue weighted by Crippen LogP contribution is 2.36. The predicted octanol–water partition coefficient (Wildman–Crippen LogP) is 3.54. The normalized spacial score (nSPS) is 12.9. The summed E-state index contributed by atoms with van der Waals surface area (Å²) in [5.74, 6) is 0. The van der Waals surface area contributed by atoms with E-state index in [1.54, 1.807) is 0 Å². The Morgan fingerprint density at radius 2 is 1.89 bits per heavy atom. The Morgan fingerprint density at radius 1 is 1.28 bits per heavy atom. The fourth-order valence-electron chi connectivity index (χ4n) is 1.04. The maximum absolute atomic E-state index is 12.5. The van der Waals surface area contributed by atoms with Crippen molar-refractivity contribution < 1.29 is 25.5 Å². The van der Waals surface area contributed by atoms with Crippen LogP contribution in [0, 0.1) is 0 Å². The van der Waals surface area contributed by atoms with E-state index in [2.05, 4.69) is 5.32 Å². The van der Waals surface area contributed by atoms with Crippen molar-refractivity contribution in [3.63, 3.8) is 0 Å². The smallest absolute Gasteiger partial charge is 0.361 e. The van der Waals surface area contributed by atoms with Gasteiger partial charge in [0.2, 0.25) is 0 Å². The second kappa shape index (κ2) is 5.15. The van der Waals surface area contributed by atoms with E-state index >= 15 is 0 Å². The van der Waals surface area contributed by atoms with Gasteiger partial charge in [-0.05, 0) is 18.2 Å². The Bertz CT molecular complexity index is 568. The van der Waals surface area contributed by atoms with Crippen molar-refractivity contribution in [3.8, 4) is 0 Å². The van der Waals surface area contributed by atoms with Gasteiger partial charge in [0, 0.05) is 11.9 Å². The SMILES string of the molecule is O=S(=O)(F)/C=C/Nc1ccc(Cl)c(C(F)(F)F)c1. The van der Waals surface area contributed by atoms with Crippen LogP contribution in [0.3, 0.4) is 0 Å². The Kier molecular flexibility index (Phi) is 4.23. The highest BCUT2D eigenvalue weighted by atomic mass is 35.5. The van der Waals surface area contributed by atoms with Gasteiger partial charge in [-0.25, -0.2) is 0 Å². The summed E-state index contributed by atoms with van der Waals surface area (Å²) in [5.41, 5.74) is -1.16. The zero-order valence-corrected chi connectivity index (χ0v) is 10.1. The standard InChI is InChI=1S/C9H6ClF4NO2S/c10-8-2-1-6(5-7(8)9(11,12)13)15-3-4-18(14,16)17/h1-5,15H/b4-3+. The summed E-state index contributed by atoms with van der Waals surface area (Å²) >= 11 is 5.37. The lowest BCUT2D eigenvalue weighted by molar-refractivity contribution is -0.137. The average molecular weight is 304 g/mol. The van der Waals surface area contributed by atoms with Crippen LogP contribution in [-0.4, -0.2) is 8.42 Å². The second-order valence-corrected chi connectivity index (χ2v) is 4.75. The Labute approximate surface area is 105 Å². The van der Waals surface area contributed by atoms with Crippen LogP contribution in [0.25, 0.3) is 0 Å². The Morgan fingerprint density at radius 3 is 2.39 bits per heavy atom. The van der Waals surface area contributed by atoms with Crippen LogP contribution >= 0.6 is 11.6 Å². The molecule has 0 amide bonds. The number of benzene rings is 1. The van der Waals surface area contributed by atoms with Gasteiger partial charge in [-0.15, -0.1) is 3.89 Å². The molecule has 0 aliphatic heterocycles. The first kappa shape index (κ1) is 14.8. The molecule has 0 aliphatic rings. The van der Waals surface area contributed by atoms with E-state index in [9.17, 15) is 25.5 Å². The number of nitrogens with one attached hydrogen (secondary N) is 1. The van der Waals surface area contributed by atoms with Crippen molar-refractivity contribution in [2.45, 2.75) is 6.18 Å². The van der Waals surface area contributed by atoms with E-state index in [0.29, 0.717) is 12.3 Å². The van der Waals surface area contributed by atoms with Crippen molar-refractivity contribution in [1.82, 2.24) is 0 Å². The molecule has 0 saturated heterocycles. The summed E-state index contributed by atoms with van der Waals surface area (Å²) in [4.78, 5) is 0. The van der Waals surface area contributed by atoms with Gasteiger partial charge in [-0.1, -0.05) is 11.6 Å². The largest absolute Gasteiger partial charge is 0.417 e. The lowest BCUT2D eigenvalue weighted by atomic mass is 10.2. The van der Waals surface area contributed by atoms with E-state index in [1.165, 1.54) is 6.07 Å². The summed E-state index contributed by atoms with van der Waals surface area (Å²) in [7, 11) is -4.83. The summed E-state index contributed by atoms with van der Waals surface area (Å²) < 4.78 is 69.6. The van der Waals surface area contributed by atoms with Crippen LogP contribution in [0.4, 0.5) is 22.7 Å². The molecule has 3 nitrogen and oxygen atoms in total. The first-order chi connectivity index (χ1) is 8.09. The van der Waals surface area contributed by atoms with Crippen molar-refractivity contribution in [1.29, 1.82) is 0 Å². The van der Waals surface area contributed by atoms with Crippen LogP contribution < -0.4 is 5.32 Å². The molecule has 1 rings (SSSR count). The number of hydrogen-bond acceptors (Lipinski definition) is 3. The van der Waals surface area contributed by atoms with E-state index in [1.807, 2.05) is 0 Å². The lowest BCUT2D eigenvalue weighted by Crippen LogP contribution is -2.06. The Balaban J connectivity index is 2.97. The van der Waals surface area contributed by atoms with E-state index in [0.717, 1.165) is 6.07 Å². The molecule has 0 bridgehead atoms. The molecule has 0 spiro atoms. The van der Waals surface area contributed by atoms with Crippen LogP contribution in [0.2, 0.25) is 5.02 Å². The van der Waals surface area contributed by atoms with Crippen molar-refractivity contribution in [2.24, 2.45) is 0 Å². The lowest BCUT2D eigenvalue weighted by Gasteiger charge is -2.10. The molecule has 0 radical (unpaired) electrons. The number of anilines is 1. The molecule has 0 heterocycles. The van der Waals surface area contributed by atoms with Crippen LogP contribution in [-0.2, 0) is 16.4 Å². The van der Waals surface area contributed by atoms with Crippen molar-refractivity contribution >= 4 is 27.5 Å². The minimum absolute atomic E-state index is 0.0772. The molecular formula is C9H6ClF4NO2S. The first-order valence-electron chi connectivity index (χ1n) is 4.34. The van der Waals surface area contributed by atoms with E-state index in [4.69, 9.17) is 11.6 Å². The summed E-state index contributed by atoms with van der Waals surface area (Å²) in [5, 5.41) is 1.87. The predicted molar refractivity (Wildman–Crippen MR) is 59.2 cm³/mol. The number of halogens is 5. The van der Waals surface area contributed by atoms with E-state index < -0.39 is 27.0 Å². The third kappa shape index (κ3) is 4.53. The molecule has 100 valence electrons. The molecule has 1 aromatic rings. The van der Waals surface area contributed by atoms with Crippen LogP contribution in [0.5, 0.6) is 0 Å². The Hall–Kier alpha value is -1.28. The minimum Gasteiger partial charge on any atom is -0.361 e. The molecule has 1 N–H and O–H groups in total. The van der Waals surface area contributed by atoms with Gasteiger partial charge in [-0.3, -0.25) is 0 Å². The summed E-state index contributed by atoms with van der Waals surface area (Å²) in [6, 6.07) is 2.86. The maximum Gasteiger partial charge on any atom is 0.417 e. The fraction of sp³-hybridized carbons (Fsp3) is 0.111. The third-order valence-corrected chi connectivity index (χ3v) is 2.54. The second-order valence-electron chi connectivity index (χ2n) is 3.12. The third-order valence-electron chi connectivity index (χ3n) is 1.75. The number of alkyl halides is 3. The molecule has 0 atom stereocenters. The van der Waals surface area contributed by atoms with Crippen molar-refractivity contribution in [3.05, 3.63) is 40.4 Å². The molecule has 9 heteroatoms. The molecule has 1 aromatic carbocycles. The van der Waals surface area contributed by atoms with Gasteiger partial charge >= 0.3 is 16.4 Å². The quantitative estimate of drug-likeness (QED) is 0.686. The van der Waals surface area contributed by atoms with Crippen LogP contribution in [0.1, 0.15) is 5.56 Å². The zero-order valence-electron chi connectivity index (χ0n) is 8.50. The molecule has 0 unspecified atom stereocenters. The first-order valence-corrected chi connectivity index (χ1v) is 6.16. The monoisotopic (exact) mass is 303 g/mol. The fourth-order valence-corrected chi connectivity index (χ4v) is 1.50. The van der Waals surface area contributed by atoms with Gasteiger partial charge in [0.1, 0.15) is 0 Å². The van der Waals surface area contributed by atoms with Gasteiger partial charge in [0.05, 0.1) is 16.0 Å². The topological polar surface area (TPSA) is 46.2 Å². The molecule has 0 saturated carbocycles. The van der Waals surface area contributed by atoms with E-state index in [-0.39, 0.29) is 11.1 Å². The van der Waals surface area contributed by atoms with Gasteiger partial charge < -0.3 is 5.32 Å². The molecule has 18 heavy (non-hydrogen) atoms. The molecule has 0 fully saturated rings. The molecule has 0 aromatic heterocycles. The van der Waals surface area contributed by atoms with Crippen LogP contribution in [0.15, 0.2) is 29.8 Å². The minimum atomic E-state index is -4.83. The van der Waals surface area contributed by atoms with Gasteiger partial charge in [0.25, 0.3) is 0 Å². The molecule has 0 aliphatic carbocycles.